The lowest BCUT2D eigenvalue weighted by Gasteiger charge is -2.42. The predicted octanol–water partition coefficient (Wildman–Crippen LogP) is 4.42. The van der Waals surface area contributed by atoms with E-state index >= 15 is 0 Å². The van der Waals surface area contributed by atoms with Gasteiger partial charge in [-0.1, -0.05) is 12.1 Å². The second-order valence-corrected chi connectivity index (χ2v) is 8.08. The largest absolute Gasteiger partial charge is 0.493 e. The highest BCUT2D eigenvalue weighted by Gasteiger charge is 2.52. The van der Waals surface area contributed by atoms with E-state index in [1.165, 1.54) is 42.3 Å². The number of rotatable bonds is 5. The smallest absolute Gasteiger partial charge is 0.425 e. The van der Waals surface area contributed by atoms with Gasteiger partial charge >= 0.3 is 6.18 Å². The molecule has 0 radical (unpaired) electrons. The standard InChI is InChI=1S/C23H22F5NO5/c1-13(23(26,27)28)34-17-7-6-14(10-18(17)31-2)21(30)29-9-8-22(19(11-29)32-12-33-22)15-4-3-5-16(24)20(15)25/h3-7,10,13,19H,8-9,11-12H2,1-2H3/t13?,19?,22-/m1/s1. The third-order valence-electron chi connectivity index (χ3n) is 6.12. The molecule has 11 heteroatoms. The molecule has 0 bridgehead atoms. The lowest BCUT2D eigenvalue weighted by atomic mass is 9.81. The van der Waals surface area contributed by atoms with Crippen LogP contribution in [0.2, 0.25) is 0 Å². The van der Waals surface area contributed by atoms with E-state index in [2.05, 4.69) is 0 Å². The van der Waals surface area contributed by atoms with E-state index in [1.807, 2.05) is 0 Å². The van der Waals surface area contributed by atoms with Crippen LogP contribution >= 0.6 is 0 Å². The van der Waals surface area contributed by atoms with Crippen LogP contribution in [0.4, 0.5) is 22.0 Å². The molecule has 184 valence electrons. The third-order valence-corrected chi connectivity index (χ3v) is 6.12. The minimum Gasteiger partial charge on any atom is -0.493 e. The number of amides is 1. The summed E-state index contributed by atoms with van der Waals surface area (Å²) in [6.45, 7) is 0.921. The Kier molecular flexibility index (Phi) is 6.43. The van der Waals surface area contributed by atoms with Crippen molar-refractivity contribution >= 4 is 5.91 Å². The summed E-state index contributed by atoms with van der Waals surface area (Å²) in [6, 6.07) is 7.69. The number of halogens is 5. The molecule has 2 aliphatic rings. The molecule has 3 atom stereocenters. The summed E-state index contributed by atoms with van der Waals surface area (Å²) in [7, 11) is 1.25. The monoisotopic (exact) mass is 487 g/mol. The van der Waals surface area contributed by atoms with Gasteiger partial charge in [-0.2, -0.15) is 13.2 Å². The Morgan fingerprint density at radius 1 is 1.21 bits per heavy atom. The summed E-state index contributed by atoms with van der Waals surface area (Å²) in [4.78, 5) is 14.6. The first kappa shape index (κ1) is 24.2. The van der Waals surface area contributed by atoms with E-state index in [-0.39, 0.29) is 48.9 Å². The summed E-state index contributed by atoms with van der Waals surface area (Å²) in [6.07, 6.45) is -7.21. The molecule has 4 rings (SSSR count). The van der Waals surface area contributed by atoms with E-state index in [0.29, 0.717) is 0 Å². The first-order valence-corrected chi connectivity index (χ1v) is 10.5. The Morgan fingerprint density at radius 3 is 2.68 bits per heavy atom. The van der Waals surface area contributed by atoms with Gasteiger partial charge in [0, 0.05) is 24.1 Å². The second kappa shape index (κ2) is 9.03. The lowest BCUT2D eigenvalue weighted by molar-refractivity contribution is -0.189. The van der Waals surface area contributed by atoms with Crippen LogP contribution in [0.25, 0.3) is 0 Å². The Balaban J connectivity index is 1.53. The van der Waals surface area contributed by atoms with Crippen molar-refractivity contribution in [2.24, 2.45) is 0 Å². The van der Waals surface area contributed by atoms with Gasteiger partial charge in [0.1, 0.15) is 18.5 Å². The van der Waals surface area contributed by atoms with Crippen molar-refractivity contribution in [3.63, 3.8) is 0 Å². The van der Waals surface area contributed by atoms with E-state index < -0.39 is 41.5 Å². The van der Waals surface area contributed by atoms with Crippen LogP contribution in [0, 0.1) is 11.6 Å². The van der Waals surface area contributed by atoms with Gasteiger partial charge in [0.15, 0.2) is 29.2 Å². The summed E-state index contributed by atoms with van der Waals surface area (Å²) in [5.74, 6) is -2.65. The lowest BCUT2D eigenvalue weighted by Crippen LogP contribution is -2.54. The Bertz CT molecular complexity index is 1080. The number of benzene rings is 2. The minimum atomic E-state index is -4.57. The van der Waals surface area contributed by atoms with Crippen LogP contribution in [0.1, 0.15) is 29.3 Å². The first-order chi connectivity index (χ1) is 16.1. The third kappa shape index (κ3) is 4.29. The molecule has 0 saturated carbocycles. The number of nitrogens with zero attached hydrogens (tertiary/aromatic N) is 1. The number of hydrogen-bond acceptors (Lipinski definition) is 5. The van der Waals surface area contributed by atoms with Crippen molar-refractivity contribution in [1.29, 1.82) is 0 Å². The van der Waals surface area contributed by atoms with Crippen LogP contribution < -0.4 is 9.47 Å². The number of fused-ring (bicyclic) bond motifs is 1. The van der Waals surface area contributed by atoms with Gasteiger partial charge < -0.3 is 23.8 Å². The number of likely N-dealkylation sites (tertiary alicyclic amines) is 1. The van der Waals surface area contributed by atoms with E-state index in [1.54, 1.807) is 0 Å². The molecule has 6 nitrogen and oxygen atoms in total. The van der Waals surface area contributed by atoms with Crippen LogP contribution in [0.3, 0.4) is 0 Å². The number of ether oxygens (including phenoxy) is 4. The van der Waals surface area contributed by atoms with Gasteiger partial charge in [0.25, 0.3) is 5.91 Å². The van der Waals surface area contributed by atoms with Crippen LogP contribution in [0.15, 0.2) is 36.4 Å². The van der Waals surface area contributed by atoms with Crippen LogP contribution in [-0.2, 0) is 15.1 Å². The van der Waals surface area contributed by atoms with Gasteiger partial charge in [-0.15, -0.1) is 0 Å². The molecule has 0 aromatic heterocycles. The maximum atomic E-state index is 14.5. The number of hydrogen-bond donors (Lipinski definition) is 0. The molecule has 2 saturated heterocycles. The molecule has 0 spiro atoms. The molecule has 2 unspecified atom stereocenters. The highest BCUT2D eigenvalue weighted by molar-refractivity contribution is 5.95. The van der Waals surface area contributed by atoms with Crippen molar-refractivity contribution < 1.29 is 45.7 Å². The van der Waals surface area contributed by atoms with Crippen LogP contribution in [-0.4, -0.2) is 56.2 Å². The minimum absolute atomic E-state index is 0.0315. The molecule has 2 fully saturated rings. The fourth-order valence-electron chi connectivity index (χ4n) is 4.21. The molecule has 2 aromatic carbocycles. The molecule has 1 amide bonds. The van der Waals surface area contributed by atoms with E-state index in [0.717, 1.165) is 13.0 Å². The van der Waals surface area contributed by atoms with E-state index in [4.69, 9.17) is 18.9 Å². The Hall–Kier alpha value is -2.92. The maximum absolute atomic E-state index is 14.5. The fourth-order valence-corrected chi connectivity index (χ4v) is 4.21. The molecule has 0 N–H and O–H groups in total. The fraction of sp³-hybridized carbons (Fsp3) is 0.435. The summed E-state index contributed by atoms with van der Waals surface area (Å²) in [5, 5.41) is 0. The van der Waals surface area contributed by atoms with Crippen molar-refractivity contribution in [2.75, 3.05) is 27.0 Å². The first-order valence-electron chi connectivity index (χ1n) is 10.5. The van der Waals surface area contributed by atoms with E-state index in [9.17, 15) is 26.7 Å². The molecular formula is C23H22F5NO5. The summed E-state index contributed by atoms with van der Waals surface area (Å²) < 4.78 is 88.3. The molecule has 0 aliphatic carbocycles. The zero-order valence-corrected chi connectivity index (χ0v) is 18.3. The molecule has 34 heavy (non-hydrogen) atoms. The highest BCUT2D eigenvalue weighted by atomic mass is 19.4. The summed E-state index contributed by atoms with van der Waals surface area (Å²) in [5.41, 5.74) is -1.04. The number of carbonyl (C=O) groups is 1. The normalized spacial score (nSPS) is 23.4. The zero-order chi connectivity index (χ0) is 24.7. The Labute approximate surface area is 192 Å². The zero-order valence-electron chi connectivity index (χ0n) is 18.3. The predicted molar refractivity (Wildman–Crippen MR) is 109 cm³/mol. The quantitative estimate of drug-likeness (QED) is 0.585. The molecule has 2 aliphatic heterocycles. The summed E-state index contributed by atoms with van der Waals surface area (Å²) >= 11 is 0. The van der Waals surface area contributed by atoms with Crippen molar-refractivity contribution in [3.05, 3.63) is 59.2 Å². The maximum Gasteiger partial charge on any atom is 0.425 e. The molecular weight excluding hydrogens is 465 g/mol. The molecule has 2 heterocycles. The SMILES string of the molecule is COc1cc(C(=O)N2CC[C@]3(c4cccc(F)c4F)OCOC3C2)ccc1OC(C)C(F)(F)F. The second-order valence-electron chi connectivity index (χ2n) is 8.08. The number of carbonyl (C=O) groups excluding carboxylic acids is 1. The average molecular weight is 487 g/mol. The van der Waals surface area contributed by atoms with Gasteiger partial charge in [-0.05, 0) is 31.2 Å². The van der Waals surface area contributed by atoms with Crippen LogP contribution in [0.5, 0.6) is 11.5 Å². The number of piperidine rings is 1. The van der Waals surface area contributed by atoms with Gasteiger partial charge in [0.2, 0.25) is 0 Å². The Morgan fingerprint density at radius 2 is 1.97 bits per heavy atom. The van der Waals surface area contributed by atoms with Crippen molar-refractivity contribution in [2.45, 2.75) is 37.3 Å². The number of alkyl halides is 3. The average Bonchev–Trinajstić information content (AvgIpc) is 3.24. The van der Waals surface area contributed by atoms with Crippen molar-refractivity contribution in [3.8, 4) is 11.5 Å². The topological polar surface area (TPSA) is 57.2 Å². The van der Waals surface area contributed by atoms with Gasteiger partial charge in [-0.3, -0.25) is 4.79 Å². The van der Waals surface area contributed by atoms with Gasteiger partial charge in [0.05, 0.1) is 13.7 Å². The number of methoxy groups -OCH3 is 1. The van der Waals surface area contributed by atoms with Gasteiger partial charge in [-0.25, -0.2) is 8.78 Å². The van der Waals surface area contributed by atoms with Crippen molar-refractivity contribution in [1.82, 2.24) is 4.90 Å². The highest BCUT2D eigenvalue weighted by Crippen LogP contribution is 2.44. The molecule has 2 aromatic rings.